The number of rotatable bonds is 5. The van der Waals surface area contributed by atoms with Crippen LogP contribution in [0.1, 0.15) is 17.5 Å². The lowest BCUT2D eigenvalue weighted by molar-refractivity contribution is -0.132. The molecule has 1 saturated heterocycles. The number of anilines is 1. The zero-order valence-corrected chi connectivity index (χ0v) is 14.7. The molecule has 1 aromatic carbocycles. The fraction of sp³-hybridized carbons (Fsp3) is 0.421. The molecule has 6 heteroatoms. The molecule has 0 aliphatic carbocycles. The number of nitrogens with zero attached hydrogens (tertiary/aromatic N) is 4. The van der Waals surface area contributed by atoms with Crippen LogP contribution in [-0.2, 0) is 11.2 Å². The van der Waals surface area contributed by atoms with Gasteiger partial charge in [0.1, 0.15) is 5.60 Å². The minimum Gasteiger partial charge on any atom is -0.386 e. The molecule has 2 aromatic rings. The molecular formula is C19H24N4O2. The van der Waals surface area contributed by atoms with Gasteiger partial charge in [-0.05, 0) is 30.5 Å². The standard InChI is InChI=1S/C19H24N4O2/c1-15-6-3-4-7-16(15)12-17(24)22(2)13-19(25)8-11-23(14-19)18-20-9-5-10-21-18/h3-7,9-10,25H,8,11-14H2,1-2H3. The first-order valence-corrected chi connectivity index (χ1v) is 8.50. The van der Waals surface area contributed by atoms with Gasteiger partial charge in [0.15, 0.2) is 0 Å². The van der Waals surface area contributed by atoms with Crippen molar-refractivity contribution in [1.82, 2.24) is 14.9 Å². The van der Waals surface area contributed by atoms with Crippen molar-refractivity contribution in [3.63, 3.8) is 0 Å². The first-order chi connectivity index (χ1) is 12.0. The van der Waals surface area contributed by atoms with Crippen LogP contribution in [0.4, 0.5) is 5.95 Å². The van der Waals surface area contributed by atoms with Gasteiger partial charge in [0.25, 0.3) is 0 Å². The normalized spacial score (nSPS) is 19.9. The molecule has 1 aliphatic rings. The van der Waals surface area contributed by atoms with E-state index in [-0.39, 0.29) is 5.91 Å². The first-order valence-electron chi connectivity index (χ1n) is 8.50. The number of aryl methyl sites for hydroxylation is 1. The molecule has 1 amide bonds. The zero-order valence-electron chi connectivity index (χ0n) is 14.7. The molecule has 1 aromatic heterocycles. The Morgan fingerprint density at radius 1 is 1.28 bits per heavy atom. The third-order valence-corrected chi connectivity index (χ3v) is 4.73. The van der Waals surface area contributed by atoms with Gasteiger partial charge in [-0.2, -0.15) is 0 Å². The largest absolute Gasteiger partial charge is 0.386 e. The second-order valence-corrected chi connectivity index (χ2v) is 6.80. The summed E-state index contributed by atoms with van der Waals surface area (Å²) in [6.45, 7) is 3.42. The van der Waals surface area contributed by atoms with Crippen molar-refractivity contribution >= 4 is 11.9 Å². The first kappa shape index (κ1) is 17.4. The van der Waals surface area contributed by atoms with E-state index < -0.39 is 5.60 Å². The highest BCUT2D eigenvalue weighted by Gasteiger charge is 2.38. The molecular weight excluding hydrogens is 316 g/mol. The van der Waals surface area contributed by atoms with Crippen LogP contribution in [0.5, 0.6) is 0 Å². The minimum absolute atomic E-state index is 0.0112. The molecule has 1 atom stereocenters. The van der Waals surface area contributed by atoms with Gasteiger partial charge in [-0.1, -0.05) is 24.3 Å². The van der Waals surface area contributed by atoms with Gasteiger partial charge in [-0.3, -0.25) is 4.79 Å². The van der Waals surface area contributed by atoms with Crippen molar-refractivity contribution in [2.75, 3.05) is 31.6 Å². The van der Waals surface area contributed by atoms with Crippen molar-refractivity contribution in [3.05, 3.63) is 53.9 Å². The van der Waals surface area contributed by atoms with Crippen LogP contribution in [0.3, 0.4) is 0 Å². The third kappa shape index (κ3) is 4.14. The van der Waals surface area contributed by atoms with Crippen LogP contribution < -0.4 is 4.90 Å². The molecule has 3 rings (SSSR count). The smallest absolute Gasteiger partial charge is 0.226 e. The molecule has 1 aliphatic heterocycles. The Morgan fingerprint density at radius 2 is 2.00 bits per heavy atom. The number of aromatic nitrogens is 2. The Kier molecular flexibility index (Phi) is 4.99. The maximum Gasteiger partial charge on any atom is 0.226 e. The van der Waals surface area contributed by atoms with E-state index in [0.29, 0.717) is 38.4 Å². The molecule has 0 bridgehead atoms. The summed E-state index contributed by atoms with van der Waals surface area (Å²) in [7, 11) is 1.75. The van der Waals surface area contributed by atoms with Gasteiger partial charge in [0.2, 0.25) is 11.9 Å². The number of carbonyl (C=O) groups excluding carboxylic acids is 1. The number of likely N-dealkylation sites (N-methyl/N-ethyl adjacent to an activating group) is 1. The van der Waals surface area contributed by atoms with E-state index in [2.05, 4.69) is 9.97 Å². The summed E-state index contributed by atoms with van der Waals surface area (Å²) in [4.78, 5) is 24.6. The molecule has 1 N–H and O–H groups in total. The van der Waals surface area contributed by atoms with Crippen molar-refractivity contribution < 1.29 is 9.90 Å². The van der Waals surface area contributed by atoms with E-state index in [0.717, 1.165) is 11.1 Å². The van der Waals surface area contributed by atoms with Gasteiger partial charge < -0.3 is 14.9 Å². The summed E-state index contributed by atoms with van der Waals surface area (Å²) in [5, 5.41) is 10.9. The SMILES string of the molecule is Cc1ccccc1CC(=O)N(C)CC1(O)CCN(c2ncccn2)C1. The van der Waals surface area contributed by atoms with Crippen molar-refractivity contribution in [2.45, 2.75) is 25.4 Å². The molecule has 0 spiro atoms. The highest BCUT2D eigenvalue weighted by Crippen LogP contribution is 2.25. The maximum atomic E-state index is 12.5. The fourth-order valence-electron chi connectivity index (χ4n) is 3.25. The molecule has 0 radical (unpaired) electrons. The fourth-order valence-corrected chi connectivity index (χ4v) is 3.25. The van der Waals surface area contributed by atoms with E-state index in [1.165, 1.54) is 0 Å². The molecule has 2 heterocycles. The summed E-state index contributed by atoms with van der Waals surface area (Å²) in [6.07, 6.45) is 4.33. The average Bonchev–Trinajstić information content (AvgIpc) is 2.99. The number of hydrogen-bond donors (Lipinski definition) is 1. The monoisotopic (exact) mass is 340 g/mol. The number of amides is 1. The van der Waals surface area contributed by atoms with E-state index in [1.807, 2.05) is 36.1 Å². The zero-order chi connectivity index (χ0) is 17.9. The lowest BCUT2D eigenvalue weighted by Gasteiger charge is -2.29. The van der Waals surface area contributed by atoms with Crippen LogP contribution in [0.15, 0.2) is 42.7 Å². The van der Waals surface area contributed by atoms with Crippen LogP contribution in [-0.4, -0.2) is 58.2 Å². The number of aliphatic hydroxyl groups is 1. The van der Waals surface area contributed by atoms with Gasteiger partial charge in [0.05, 0.1) is 19.5 Å². The van der Waals surface area contributed by atoms with Crippen molar-refractivity contribution in [1.29, 1.82) is 0 Å². The van der Waals surface area contributed by atoms with E-state index in [1.54, 1.807) is 30.4 Å². The van der Waals surface area contributed by atoms with Gasteiger partial charge in [-0.15, -0.1) is 0 Å². The number of carbonyl (C=O) groups is 1. The number of benzene rings is 1. The van der Waals surface area contributed by atoms with E-state index in [4.69, 9.17) is 0 Å². The molecule has 25 heavy (non-hydrogen) atoms. The lowest BCUT2D eigenvalue weighted by Crippen LogP contribution is -2.46. The second kappa shape index (κ2) is 7.19. The Hall–Kier alpha value is -2.47. The third-order valence-electron chi connectivity index (χ3n) is 4.73. The quantitative estimate of drug-likeness (QED) is 0.892. The average molecular weight is 340 g/mol. The summed E-state index contributed by atoms with van der Waals surface area (Å²) < 4.78 is 0. The number of hydrogen-bond acceptors (Lipinski definition) is 5. The lowest BCUT2D eigenvalue weighted by atomic mass is 10.0. The topological polar surface area (TPSA) is 69.6 Å². The highest BCUT2D eigenvalue weighted by atomic mass is 16.3. The maximum absolute atomic E-state index is 12.5. The Bertz CT molecular complexity index is 737. The van der Waals surface area contributed by atoms with E-state index >= 15 is 0 Å². The van der Waals surface area contributed by atoms with Crippen molar-refractivity contribution in [3.8, 4) is 0 Å². The molecule has 6 nitrogen and oxygen atoms in total. The van der Waals surface area contributed by atoms with Gasteiger partial charge in [-0.25, -0.2) is 9.97 Å². The van der Waals surface area contributed by atoms with Crippen LogP contribution in [0.25, 0.3) is 0 Å². The van der Waals surface area contributed by atoms with Crippen LogP contribution in [0.2, 0.25) is 0 Å². The highest BCUT2D eigenvalue weighted by molar-refractivity contribution is 5.79. The Balaban J connectivity index is 1.59. The summed E-state index contributed by atoms with van der Waals surface area (Å²) in [6, 6.07) is 9.65. The van der Waals surface area contributed by atoms with E-state index in [9.17, 15) is 9.90 Å². The van der Waals surface area contributed by atoms with Gasteiger partial charge in [0, 0.05) is 26.0 Å². The molecule has 0 saturated carbocycles. The summed E-state index contributed by atoms with van der Waals surface area (Å²) in [5.41, 5.74) is 1.20. The van der Waals surface area contributed by atoms with Crippen LogP contribution in [0, 0.1) is 6.92 Å². The Morgan fingerprint density at radius 3 is 2.72 bits per heavy atom. The predicted molar refractivity (Wildman–Crippen MR) is 96.3 cm³/mol. The number of β-amino-alcohol motifs (C(OH)–C–C–N with tert-alkyl or cyclic N) is 1. The van der Waals surface area contributed by atoms with Crippen molar-refractivity contribution in [2.24, 2.45) is 0 Å². The van der Waals surface area contributed by atoms with Gasteiger partial charge >= 0.3 is 0 Å². The summed E-state index contributed by atoms with van der Waals surface area (Å²) in [5.74, 6) is 0.629. The molecule has 1 fully saturated rings. The van der Waals surface area contributed by atoms with Crippen LogP contribution >= 0.6 is 0 Å². The molecule has 1 unspecified atom stereocenters. The predicted octanol–water partition coefficient (Wildman–Crippen LogP) is 1.43. The second-order valence-electron chi connectivity index (χ2n) is 6.80. The minimum atomic E-state index is -0.935. The summed E-state index contributed by atoms with van der Waals surface area (Å²) >= 11 is 0. The molecule has 132 valence electrons. The Labute approximate surface area is 148 Å².